The Kier molecular flexibility index (Phi) is 7.51. The van der Waals surface area contributed by atoms with E-state index in [9.17, 15) is 14.7 Å². The van der Waals surface area contributed by atoms with Gasteiger partial charge in [-0.1, -0.05) is 42.5 Å². The molecule has 27 heavy (non-hydrogen) atoms. The minimum absolute atomic E-state index is 0.0449. The van der Waals surface area contributed by atoms with Gasteiger partial charge in [-0.3, -0.25) is 4.79 Å². The van der Waals surface area contributed by atoms with Crippen molar-refractivity contribution in [2.45, 2.75) is 12.6 Å². The molecule has 0 saturated carbocycles. The standard InChI is InChI=1S/C19H18N4O4/c20-10-14-6-8-15(9-7-14)11-21-23-18(25)17(12-24)22-19(26)27-13-16-4-2-1-3-5-16/h1-9,11,17,24H,12-13H2,(H,22,26)(H,23,25)/b21-11+/t17-/m0/s1. The number of amides is 2. The van der Waals surface area contributed by atoms with Gasteiger partial charge >= 0.3 is 6.09 Å². The Morgan fingerprint density at radius 3 is 2.52 bits per heavy atom. The number of aliphatic hydroxyl groups is 1. The molecule has 1 atom stereocenters. The summed E-state index contributed by atoms with van der Waals surface area (Å²) < 4.78 is 5.00. The molecule has 2 aromatic carbocycles. The Balaban J connectivity index is 1.80. The Hall–Kier alpha value is -3.70. The third-order valence-electron chi connectivity index (χ3n) is 3.43. The molecule has 2 amide bonds. The van der Waals surface area contributed by atoms with E-state index in [1.807, 2.05) is 24.3 Å². The minimum Gasteiger partial charge on any atom is -0.445 e. The lowest BCUT2D eigenvalue weighted by molar-refractivity contribution is -0.123. The lowest BCUT2D eigenvalue weighted by Crippen LogP contribution is -2.47. The smallest absolute Gasteiger partial charge is 0.408 e. The zero-order chi connectivity index (χ0) is 19.5. The number of hydrogen-bond donors (Lipinski definition) is 3. The fraction of sp³-hybridized carbons (Fsp3) is 0.158. The van der Waals surface area contributed by atoms with E-state index >= 15 is 0 Å². The van der Waals surface area contributed by atoms with Gasteiger partial charge in [-0.25, -0.2) is 10.2 Å². The van der Waals surface area contributed by atoms with Crippen LogP contribution in [0.2, 0.25) is 0 Å². The third kappa shape index (κ3) is 6.61. The number of nitriles is 1. The van der Waals surface area contributed by atoms with E-state index in [2.05, 4.69) is 15.8 Å². The van der Waals surface area contributed by atoms with Gasteiger partial charge in [-0.15, -0.1) is 0 Å². The largest absolute Gasteiger partial charge is 0.445 e. The molecule has 8 heteroatoms. The molecule has 0 saturated heterocycles. The molecule has 0 aromatic heterocycles. The fourth-order valence-electron chi connectivity index (χ4n) is 1.99. The highest BCUT2D eigenvalue weighted by Crippen LogP contribution is 2.01. The number of nitrogens with zero attached hydrogens (tertiary/aromatic N) is 2. The predicted molar refractivity (Wildman–Crippen MR) is 97.5 cm³/mol. The van der Waals surface area contributed by atoms with Gasteiger partial charge in [0.1, 0.15) is 12.6 Å². The van der Waals surface area contributed by atoms with Crippen LogP contribution in [0.25, 0.3) is 0 Å². The number of rotatable bonds is 7. The molecule has 0 unspecified atom stereocenters. The highest BCUT2D eigenvalue weighted by atomic mass is 16.5. The topological polar surface area (TPSA) is 124 Å². The van der Waals surface area contributed by atoms with Crippen molar-refractivity contribution < 1.29 is 19.4 Å². The monoisotopic (exact) mass is 366 g/mol. The summed E-state index contributed by atoms with van der Waals surface area (Å²) in [5, 5.41) is 24.0. The number of carbonyl (C=O) groups is 2. The van der Waals surface area contributed by atoms with Crippen molar-refractivity contribution >= 4 is 18.2 Å². The van der Waals surface area contributed by atoms with Crippen LogP contribution in [0.15, 0.2) is 59.7 Å². The van der Waals surface area contributed by atoms with Gasteiger partial charge in [0, 0.05) is 0 Å². The highest BCUT2D eigenvalue weighted by Gasteiger charge is 2.20. The maximum atomic E-state index is 12.0. The van der Waals surface area contributed by atoms with Gasteiger partial charge in [0.15, 0.2) is 0 Å². The fourth-order valence-corrected chi connectivity index (χ4v) is 1.99. The maximum absolute atomic E-state index is 12.0. The van der Waals surface area contributed by atoms with Crippen LogP contribution in [0.1, 0.15) is 16.7 Å². The summed E-state index contributed by atoms with van der Waals surface area (Å²) in [6.07, 6.45) is 0.547. The Labute approximate surface area is 156 Å². The summed E-state index contributed by atoms with van der Waals surface area (Å²) in [5.74, 6) is -0.695. The van der Waals surface area contributed by atoms with Gasteiger partial charge in [0.2, 0.25) is 0 Å². The van der Waals surface area contributed by atoms with Crippen molar-refractivity contribution in [1.29, 1.82) is 5.26 Å². The van der Waals surface area contributed by atoms with Crippen LogP contribution in [0, 0.1) is 11.3 Å². The molecule has 0 aliphatic heterocycles. The SMILES string of the molecule is N#Cc1ccc(/C=N/NC(=O)[C@H](CO)NC(=O)OCc2ccccc2)cc1. The van der Waals surface area contributed by atoms with E-state index in [0.717, 1.165) is 5.56 Å². The molecule has 2 aromatic rings. The molecule has 3 N–H and O–H groups in total. The summed E-state index contributed by atoms with van der Waals surface area (Å²) >= 11 is 0. The van der Waals surface area contributed by atoms with Crippen LogP contribution >= 0.6 is 0 Å². The molecule has 0 fully saturated rings. The molecular formula is C19H18N4O4. The molecule has 0 aliphatic rings. The average molecular weight is 366 g/mol. The van der Waals surface area contributed by atoms with E-state index < -0.39 is 24.6 Å². The lowest BCUT2D eigenvalue weighted by Gasteiger charge is -2.14. The van der Waals surface area contributed by atoms with E-state index in [1.54, 1.807) is 36.4 Å². The number of hydrogen-bond acceptors (Lipinski definition) is 6. The summed E-state index contributed by atoms with van der Waals surface area (Å²) in [6.45, 7) is -0.568. The molecule has 8 nitrogen and oxygen atoms in total. The third-order valence-corrected chi connectivity index (χ3v) is 3.43. The van der Waals surface area contributed by atoms with Gasteiger partial charge in [0.05, 0.1) is 24.5 Å². The second-order valence-electron chi connectivity index (χ2n) is 5.41. The van der Waals surface area contributed by atoms with Crippen molar-refractivity contribution in [3.8, 4) is 6.07 Å². The zero-order valence-corrected chi connectivity index (χ0v) is 14.3. The maximum Gasteiger partial charge on any atom is 0.408 e. The van der Waals surface area contributed by atoms with Crippen LogP contribution in [0.5, 0.6) is 0 Å². The first-order valence-corrected chi connectivity index (χ1v) is 8.03. The molecular weight excluding hydrogens is 348 g/mol. The van der Waals surface area contributed by atoms with E-state index in [0.29, 0.717) is 11.1 Å². The van der Waals surface area contributed by atoms with Crippen molar-refractivity contribution in [3.63, 3.8) is 0 Å². The lowest BCUT2D eigenvalue weighted by atomic mass is 10.2. The molecule has 0 aliphatic carbocycles. The first-order valence-electron chi connectivity index (χ1n) is 8.03. The van der Waals surface area contributed by atoms with E-state index in [-0.39, 0.29) is 6.61 Å². The molecule has 0 bridgehead atoms. The minimum atomic E-state index is -1.20. The predicted octanol–water partition coefficient (Wildman–Crippen LogP) is 1.30. The van der Waals surface area contributed by atoms with Crippen molar-refractivity contribution in [1.82, 2.24) is 10.7 Å². The zero-order valence-electron chi connectivity index (χ0n) is 14.3. The number of nitrogens with one attached hydrogen (secondary N) is 2. The summed E-state index contributed by atoms with van der Waals surface area (Å²) in [7, 11) is 0. The highest BCUT2D eigenvalue weighted by molar-refractivity contribution is 5.87. The van der Waals surface area contributed by atoms with Crippen molar-refractivity contribution in [2.75, 3.05) is 6.61 Å². The number of carbonyl (C=O) groups excluding carboxylic acids is 2. The van der Waals surface area contributed by atoms with Gasteiger partial charge in [-0.2, -0.15) is 10.4 Å². The average Bonchev–Trinajstić information content (AvgIpc) is 2.71. The van der Waals surface area contributed by atoms with E-state index in [1.165, 1.54) is 6.21 Å². The van der Waals surface area contributed by atoms with Crippen LogP contribution < -0.4 is 10.7 Å². The molecule has 0 radical (unpaired) electrons. The first kappa shape index (κ1) is 19.6. The Morgan fingerprint density at radius 1 is 1.19 bits per heavy atom. The van der Waals surface area contributed by atoms with E-state index in [4.69, 9.17) is 10.00 Å². The number of hydrazone groups is 1. The van der Waals surface area contributed by atoms with Crippen molar-refractivity contribution in [3.05, 3.63) is 71.3 Å². The Bertz CT molecular complexity index is 829. The molecule has 0 heterocycles. The van der Waals surface area contributed by atoms with Gasteiger partial charge < -0.3 is 15.2 Å². The number of aliphatic hydroxyl groups excluding tert-OH is 1. The summed E-state index contributed by atoms with van der Waals surface area (Å²) in [6, 6.07) is 16.4. The summed E-state index contributed by atoms with van der Waals surface area (Å²) in [4.78, 5) is 23.7. The van der Waals surface area contributed by atoms with Crippen molar-refractivity contribution in [2.24, 2.45) is 5.10 Å². The quantitative estimate of drug-likeness (QED) is 0.503. The van der Waals surface area contributed by atoms with Crippen LogP contribution in [-0.4, -0.2) is 36.0 Å². The normalized spacial score (nSPS) is 11.4. The number of alkyl carbamates (subject to hydrolysis) is 1. The Morgan fingerprint density at radius 2 is 1.89 bits per heavy atom. The number of benzene rings is 2. The molecule has 2 rings (SSSR count). The second kappa shape index (κ2) is 10.3. The molecule has 0 spiro atoms. The first-order chi connectivity index (χ1) is 13.1. The number of ether oxygens (including phenoxy) is 1. The van der Waals surface area contributed by atoms with Gasteiger partial charge in [-0.05, 0) is 23.3 Å². The molecule has 138 valence electrons. The van der Waals surface area contributed by atoms with Crippen LogP contribution in [-0.2, 0) is 16.1 Å². The van der Waals surface area contributed by atoms with Crippen LogP contribution in [0.3, 0.4) is 0 Å². The van der Waals surface area contributed by atoms with Gasteiger partial charge in [0.25, 0.3) is 5.91 Å². The summed E-state index contributed by atoms with van der Waals surface area (Å²) in [5.41, 5.74) is 4.20. The van der Waals surface area contributed by atoms with Crippen LogP contribution in [0.4, 0.5) is 4.79 Å². The second-order valence-corrected chi connectivity index (χ2v) is 5.41.